The van der Waals surface area contributed by atoms with Gasteiger partial charge < -0.3 is 25.1 Å². The number of methoxy groups -OCH3 is 2. The SMILES string of the molecule is COc1ccc(-c2cc(=O)[nH]c(=S)n2CCN[C@H](C(N)=O)C(C)C)c(OC)c1. The lowest BCUT2D eigenvalue weighted by atomic mass is 10.0. The van der Waals surface area contributed by atoms with Crippen molar-refractivity contribution in [1.82, 2.24) is 14.9 Å². The smallest absolute Gasteiger partial charge is 0.252 e. The molecule has 0 aliphatic carbocycles. The standard InChI is InChI=1S/C19H26N4O4S/c1-11(2)17(18(20)25)21-7-8-23-14(10-16(24)22-19(23)28)13-6-5-12(26-3)9-15(13)27-4/h5-6,9-11,17,21H,7-8H2,1-4H3,(H2,20,25)(H,22,24,28)/t17-/m0/s1. The number of primary amides is 1. The van der Waals surface area contributed by atoms with Gasteiger partial charge in [0, 0.05) is 30.8 Å². The number of benzene rings is 1. The molecule has 4 N–H and O–H groups in total. The Balaban J connectivity index is 2.41. The fourth-order valence-corrected chi connectivity index (χ4v) is 3.26. The molecule has 0 aliphatic heterocycles. The Labute approximate surface area is 168 Å². The van der Waals surface area contributed by atoms with E-state index in [4.69, 9.17) is 27.4 Å². The molecule has 1 aromatic carbocycles. The number of nitrogens with two attached hydrogens (primary N) is 1. The molecule has 28 heavy (non-hydrogen) atoms. The van der Waals surface area contributed by atoms with Crippen LogP contribution in [-0.2, 0) is 11.3 Å². The molecule has 1 atom stereocenters. The summed E-state index contributed by atoms with van der Waals surface area (Å²) in [6.07, 6.45) is 0. The van der Waals surface area contributed by atoms with Crippen LogP contribution in [0.15, 0.2) is 29.1 Å². The van der Waals surface area contributed by atoms with Crippen LogP contribution in [0.2, 0.25) is 0 Å². The molecule has 2 rings (SSSR count). The number of carbonyl (C=O) groups excluding carboxylic acids is 1. The van der Waals surface area contributed by atoms with Crippen molar-refractivity contribution in [3.8, 4) is 22.8 Å². The molecule has 0 saturated carbocycles. The maximum absolute atomic E-state index is 12.0. The molecule has 1 amide bonds. The predicted octanol–water partition coefficient (Wildman–Crippen LogP) is 1.69. The van der Waals surface area contributed by atoms with Crippen LogP contribution < -0.4 is 26.1 Å². The van der Waals surface area contributed by atoms with Crippen LogP contribution >= 0.6 is 12.2 Å². The summed E-state index contributed by atoms with van der Waals surface area (Å²) in [6.45, 7) is 4.71. The third-order valence-corrected chi connectivity index (χ3v) is 4.71. The molecule has 0 fully saturated rings. The molecular formula is C19H26N4O4S. The molecule has 8 nitrogen and oxygen atoms in total. The monoisotopic (exact) mass is 406 g/mol. The van der Waals surface area contributed by atoms with Crippen LogP contribution in [0.5, 0.6) is 11.5 Å². The van der Waals surface area contributed by atoms with Gasteiger partial charge in [0.15, 0.2) is 4.77 Å². The molecule has 152 valence electrons. The Bertz CT molecular complexity index is 952. The van der Waals surface area contributed by atoms with E-state index in [9.17, 15) is 9.59 Å². The van der Waals surface area contributed by atoms with Crippen LogP contribution in [0.25, 0.3) is 11.3 Å². The van der Waals surface area contributed by atoms with Crippen LogP contribution in [0.4, 0.5) is 0 Å². The minimum Gasteiger partial charge on any atom is -0.497 e. The van der Waals surface area contributed by atoms with Gasteiger partial charge in [0.1, 0.15) is 11.5 Å². The molecule has 9 heteroatoms. The Morgan fingerprint density at radius 1 is 1.29 bits per heavy atom. The van der Waals surface area contributed by atoms with Crippen molar-refractivity contribution in [1.29, 1.82) is 0 Å². The van der Waals surface area contributed by atoms with E-state index in [1.165, 1.54) is 6.07 Å². The lowest BCUT2D eigenvalue weighted by molar-refractivity contribution is -0.121. The molecule has 0 aliphatic rings. The highest BCUT2D eigenvalue weighted by Crippen LogP contribution is 2.32. The molecule has 2 aromatic rings. The van der Waals surface area contributed by atoms with Crippen LogP contribution in [0.1, 0.15) is 13.8 Å². The van der Waals surface area contributed by atoms with Gasteiger partial charge in [-0.05, 0) is 30.3 Å². The summed E-state index contributed by atoms with van der Waals surface area (Å²) in [5, 5.41) is 3.15. The summed E-state index contributed by atoms with van der Waals surface area (Å²) in [4.78, 5) is 26.3. The number of aromatic amines is 1. The van der Waals surface area contributed by atoms with Gasteiger partial charge in [-0.25, -0.2) is 0 Å². The van der Waals surface area contributed by atoms with E-state index in [2.05, 4.69) is 10.3 Å². The predicted molar refractivity (Wildman–Crippen MR) is 110 cm³/mol. The van der Waals surface area contributed by atoms with E-state index in [1.807, 2.05) is 19.9 Å². The van der Waals surface area contributed by atoms with Crippen molar-refractivity contribution in [2.45, 2.75) is 26.4 Å². The third kappa shape index (κ3) is 4.99. The van der Waals surface area contributed by atoms with Gasteiger partial charge in [-0.15, -0.1) is 0 Å². The van der Waals surface area contributed by atoms with Gasteiger partial charge in [0.2, 0.25) is 5.91 Å². The maximum Gasteiger partial charge on any atom is 0.252 e. The van der Waals surface area contributed by atoms with Crippen molar-refractivity contribution in [2.24, 2.45) is 11.7 Å². The summed E-state index contributed by atoms with van der Waals surface area (Å²) >= 11 is 5.36. The first kappa shape index (κ1) is 21.6. The van der Waals surface area contributed by atoms with Crippen LogP contribution in [0, 0.1) is 10.7 Å². The highest BCUT2D eigenvalue weighted by Gasteiger charge is 2.19. The zero-order valence-corrected chi connectivity index (χ0v) is 17.3. The van der Waals surface area contributed by atoms with Crippen molar-refractivity contribution in [3.63, 3.8) is 0 Å². The number of aromatic nitrogens is 2. The van der Waals surface area contributed by atoms with Gasteiger partial charge in [-0.1, -0.05) is 13.8 Å². The van der Waals surface area contributed by atoms with Crippen LogP contribution in [-0.4, -0.2) is 42.3 Å². The normalized spacial score (nSPS) is 12.0. The number of hydrogen-bond acceptors (Lipinski definition) is 6. The molecule has 0 unspecified atom stereocenters. The summed E-state index contributed by atoms with van der Waals surface area (Å²) in [7, 11) is 3.12. The van der Waals surface area contributed by atoms with Crippen molar-refractivity contribution >= 4 is 18.1 Å². The first-order valence-corrected chi connectivity index (χ1v) is 9.28. The average molecular weight is 407 g/mol. The zero-order valence-electron chi connectivity index (χ0n) is 16.4. The van der Waals surface area contributed by atoms with Crippen molar-refractivity contribution < 1.29 is 14.3 Å². The topological polar surface area (TPSA) is 111 Å². The number of nitrogens with zero attached hydrogens (tertiary/aromatic N) is 1. The number of ether oxygens (including phenoxy) is 2. The van der Waals surface area contributed by atoms with Crippen molar-refractivity contribution in [3.05, 3.63) is 39.4 Å². The first-order valence-electron chi connectivity index (χ1n) is 8.87. The minimum atomic E-state index is -0.448. The van der Waals surface area contributed by atoms with E-state index in [-0.39, 0.29) is 16.2 Å². The van der Waals surface area contributed by atoms with E-state index in [1.54, 1.807) is 30.9 Å². The Morgan fingerprint density at radius 2 is 2.00 bits per heavy atom. The largest absolute Gasteiger partial charge is 0.497 e. The van der Waals surface area contributed by atoms with E-state index < -0.39 is 11.9 Å². The number of hydrogen-bond donors (Lipinski definition) is 3. The number of H-pyrrole nitrogens is 1. The Hall–Kier alpha value is -2.65. The minimum absolute atomic E-state index is 0.0576. The maximum atomic E-state index is 12.0. The molecule has 0 bridgehead atoms. The average Bonchev–Trinajstić information content (AvgIpc) is 2.64. The fraction of sp³-hybridized carbons (Fsp3) is 0.421. The second-order valence-electron chi connectivity index (χ2n) is 6.62. The summed E-state index contributed by atoms with van der Waals surface area (Å²) in [5.41, 5.74) is 6.45. The molecule has 0 spiro atoms. The number of nitrogens with one attached hydrogen (secondary N) is 2. The summed E-state index contributed by atoms with van der Waals surface area (Å²) in [6, 6.07) is 6.35. The molecule has 0 radical (unpaired) electrons. The number of rotatable bonds is 9. The number of carbonyl (C=O) groups is 1. The quantitative estimate of drug-likeness (QED) is 0.547. The first-order chi connectivity index (χ1) is 13.3. The second-order valence-corrected chi connectivity index (χ2v) is 7.01. The van der Waals surface area contributed by atoms with Crippen LogP contribution in [0.3, 0.4) is 0 Å². The zero-order chi connectivity index (χ0) is 20.8. The fourth-order valence-electron chi connectivity index (χ4n) is 2.97. The molecule has 0 saturated heterocycles. The lowest BCUT2D eigenvalue weighted by Crippen LogP contribution is -2.46. The van der Waals surface area contributed by atoms with Gasteiger partial charge in [-0.3, -0.25) is 14.6 Å². The van der Waals surface area contributed by atoms with E-state index in [0.717, 1.165) is 0 Å². The van der Waals surface area contributed by atoms with E-state index >= 15 is 0 Å². The molecule has 1 heterocycles. The molecular weight excluding hydrogens is 380 g/mol. The van der Waals surface area contributed by atoms with Crippen molar-refractivity contribution in [2.75, 3.05) is 20.8 Å². The van der Waals surface area contributed by atoms with E-state index in [0.29, 0.717) is 35.8 Å². The third-order valence-electron chi connectivity index (χ3n) is 4.39. The summed E-state index contributed by atoms with van der Waals surface area (Å²) < 4.78 is 12.8. The second kappa shape index (κ2) is 9.52. The highest BCUT2D eigenvalue weighted by atomic mass is 32.1. The molecule has 1 aromatic heterocycles. The van der Waals surface area contributed by atoms with Gasteiger partial charge in [0.05, 0.1) is 26.0 Å². The lowest BCUT2D eigenvalue weighted by Gasteiger charge is -2.21. The van der Waals surface area contributed by atoms with Gasteiger partial charge in [0.25, 0.3) is 5.56 Å². The highest BCUT2D eigenvalue weighted by molar-refractivity contribution is 7.71. The number of amides is 1. The summed E-state index contributed by atoms with van der Waals surface area (Å²) in [5.74, 6) is 0.844. The Morgan fingerprint density at radius 3 is 2.57 bits per heavy atom. The Kier molecular flexibility index (Phi) is 7.36. The van der Waals surface area contributed by atoms with Gasteiger partial charge >= 0.3 is 0 Å². The van der Waals surface area contributed by atoms with Gasteiger partial charge in [-0.2, -0.15) is 0 Å².